The molecule has 4 aromatic rings. The standard InChI is InChI=1S/C23H22N4O/c1-17-11-13-18(14-12-17)16-27-21-10-6-5-9-20(21)26-22(27)15-24-23(28)25-19-7-3-2-4-8-19/h2-14H,15-16H2,1H3,(H2,24,25,28). The number of nitrogens with one attached hydrogen (secondary N) is 2. The van der Waals surface area contributed by atoms with Crippen LogP contribution in [0.25, 0.3) is 11.0 Å². The van der Waals surface area contributed by atoms with Crippen LogP contribution in [0.5, 0.6) is 0 Å². The number of rotatable bonds is 5. The molecular formula is C23H22N4O. The molecule has 0 saturated carbocycles. The molecule has 1 heterocycles. The van der Waals surface area contributed by atoms with Crippen LogP contribution in [-0.4, -0.2) is 15.6 Å². The van der Waals surface area contributed by atoms with E-state index in [9.17, 15) is 4.79 Å². The summed E-state index contributed by atoms with van der Waals surface area (Å²) in [7, 11) is 0. The topological polar surface area (TPSA) is 59.0 Å². The summed E-state index contributed by atoms with van der Waals surface area (Å²) in [6.07, 6.45) is 0. The van der Waals surface area contributed by atoms with Gasteiger partial charge in [0.05, 0.1) is 17.6 Å². The molecule has 1 aromatic heterocycles. The molecule has 5 heteroatoms. The van der Waals surface area contributed by atoms with Gasteiger partial charge in [0, 0.05) is 12.2 Å². The summed E-state index contributed by atoms with van der Waals surface area (Å²) < 4.78 is 2.16. The van der Waals surface area contributed by atoms with Gasteiger partial charge in [-0.15, -0.1) is 0 Å². The van der Waals surface area contributed by atoms with E-state index in [1.807, 2.05) is 48.5 Å². The van der Waals surface area contributed by atoms with Gasteiger partial charge >= 0.3 is 6.03 Å². The summed E-state index contributed by atoms with van der Waals surface area (Å²) in [6, 6.07) is 25.7. The van der Waals surface area contributed by atoms with Crippen molar-refractivity contribution >= 4 is 22.8 Å². The van der Waals surface area contributed by atoms with Crippen molar-refractivity contribution in [2.75, 3.05) is 5.32 Å². The van der Waals surface area contributed by atoms with Crippen molar-refractivity contribution in [3.63, 3.8) is 0 Å². The van der Waals surface area contributed by atoms with Gasteiger partial charge in [-0.2, -0.15) is 0 Å². The van der Waals surface area contributed by atoms with Crippen molar-refractivity contribution in [3.8, 4) is 0 Å². The van der Waals surface area contributed by atoms with Crippen molar-refractivity contribution < 1.29 is 4.79 Å². The van der Waals surface area contributed by atoms with Gasteiger partial charge in [0.15, 0.2) is 0 Å². The number of nitrogens with zero attached hydrogens (tertiary/aromatic N) is 2. The van der Waals surface area contributed by atoms with Crippen LogP contribution in [-0.2, 0) is 13.1 Å². The fourth-order valence-electron chi connectivity index (χ4n) is 3.17. The van der Waals surface area contributed by atoms with E-state index in [0.717, 1.165) is 22.5 Å². The first kappa shape index (κ1) is 17.8. The number of carbonyl (C=O) groups is 1. The van der Waals surface area contributed by atoms with Gasteiger partial charge in [0.2, 0.25) is 0 Å². The Hall–Kier alpha value is -3.60. The molecule has 0 aliphatic carbocycles. The number of hydrogen-bond acceptors (Lipinski definition) is 2. The predicted octanol–water partition coefficient (Wildman–Crippen LogP) is 4.71. The zero-order valence-electron chi connectivity index (χ0n) is 15.7. The number of anilines is 1. The van der Waals surface area contributed by atoms with E-state index in [-0.39, 0.29) is 6.03 Å². The number of fused-ring (bicyclic) bond motifs is 1. The smallest absolute Gasteiger partial charge is 0.319 e. The highest BCUT2D eigenvalue weighted by Crippen LogP contribution is 2.18. The highest BCUT2D eigenvalue weighted by atomic mass is 16.2. The highest BCUT2D eigenvalue weighted by Gasteiger charge is 2.12. The number of aromatic nitrogens is 2. The van der Waals surface area contributed by atoms with Crippen molar-refractivity contribution in [1.29, 1.82) is 0 Å². The van der Waals surface area contributed by atoms with Crippen molar-refractivity contribution in [1.82, 2.24) is 14.9 Å². The molecule has 0 aliphatic rings. The lowest BCUT2D eigenvalue weighted by molar-refractivity contribution is 0.251. The van der Waals surface area contributed by atoms with Crippen LogP contribution in [0.1, 0.15) is 17.0 Å². The number of hydrogen-bond donors (Lipinski definition) is 2. The van der Waals surface area contributed by atoms with E-state index >= 15 is 0 Å². The average Bonchev–Trinajstić information content (AvgIpc) is 3.06. The molecular weight excluding hydrogens is 348 g/mol. The first-order chi connectivity index (χ1) is 13.7. The lowest BCUT2D eigenvalue weighted by Crippen LogP contribution is -2.29. The van der Waals surface area contributed by atoms with E-state index in [0.29, 0.717) is 13.1 Å². The van der Waals surface area contributed by atoms with Crippen molar-refractivity contribution in [3.05, 3.63) is 95.8 Å². The Morgan fingerprint density at radius 2 is 1.64 bits per heavy atom. The maximum absolute atomic E-state index is 12.2. The van der Waals surface area contributed by atoms with E-state index in [1.165, 1.54) is 11.1 Å². The predicted molar refractivity (Wildman–Crippen MR) is 112 cm³/mol. The van der Waals surface area contributed by atoms with Gasteiger partial charge < -0.3 is 15.2 Å². The van der Waals surface area contributed by atoms with Crippen LogP contribution < -0.4 is 10.6 Å². The summed E-state index contributed by atoms with van der Waals surface area (Å²) in [5.41, 5.74) is 5.17. The van der Waals surface area contributed by atoms with Crippen molar-refractivity contribution in [2.24, 2.45) is 0 Å². The Bertz CT molecular complexity index is 1080. The van der Waals surface area contributed by atoms with Gasteiger partial charge in [-0.25, -0.2) is 9.78 Å². The normalized spacial score (nSPS) is 10.8. The zero-order valence-corrected chi connectivity index (χ0v) is 15.7. The molecule has 4 rings (SSSR count). The molecule has 0 unspecified atom stereocenters. The minimum atomic E-state index is -0.250. The first-order valence-electron chi connectivity index (χ1n) is 9.28. The number of imidazole rings is 1. The number of benzene rings is 3. The third kappa shape index (κ3) is 4.04. The summed E-state index contributed by atoms with van der Waals surface area (Å²) in [4.78, 5) is 17.0. The number of carbonyl (C=O) groups excluding carboxylic acids is 1. The fraction of sp³-hybridized carbons (Fsp3) is 0.130. The molecule has 0 atom stereocenters. The maximum atomic E-state index is 12.2. The summed E-state index contributed by atoms with van der Waals surface area (Å²) in [5, 5.41) is 5.74. The monoisotopic (exact) mass is 370 g/mol. The number of aryl methyl sites for hydroxylation is 1. The second-order valence-corrected chi connectivity index (χ2v) is 6.76. The van der Waals surface area contributed by atoms with Gasteiger partial charge in [-0.3, -0.25) is 0 Å². The van der Waals surface area contributed by atoms with Crippen LogP contribution in [0, 0.1) is 6.92 Å². The molecule has 0 fully saturated rings. The Kier molecular flexibility index (Phi) is 5.06. The number of amides is 2. The van der Waals surface area contributed by atoms with Crippen LogP contribution in [0.15, 0.2) is 78.9 Å². The molecule has 140 valence electrons. The molecule has 0 bridgehead atoms. The Morgan fingerprint density at radius 1 is 0.929 bits per heavy atom. The van der Waals surface area contributed by atoms with Crippen LogP contribution in [0.3, 0.4) is 0 Å². The second kappa shape index (κ2) is 7.96. The first-order valence-corrected chi connectivity index (χ1v) is 9.28. The van der Waals surface area contributed by atoms with Gasteiger partial charge in [-0.1, -0.05) is 60.2 Å². The molecule has 0 radical (unpaired) electrons. The van der Waals surface area contributed by atoms with Crippen molar-refractivity contribution in [2.45, 2.75) is 20.0 Å². The molecule has 2 amide bonds. The summed E-state index contributed by atoms with van der Waals surface area (Å²) in [6.45, 7) is 3.13. The molecule has 0 saturated heterocycles. The molecule has 2 N–H and O–H groups in total. The second-order valence-electron chi connectivity index (χ2n) is 6.76. The minimum absolute atomic E-state index is 0.250. The maximum Gasteiger partial charge on any atom is 0.319 e. The third-order valence-electron chi connectivity index (χ3n) is 4.63. The van der Waals surface area contributed by atoms with Crippen LogP contribution in [0.2, 0.25) is 0 Å². The van der Waals surface area contributed by atoms with Gasteiger partial charge in [0.1, 0.15) is 5.82 Å². The number of para-hydroxylation sites is 3. The Labute approximate surface area is 164 Å². The van der Waals surface area contributed by atoms with E-state index in [4.69, 9.17) is 4.98 Å². The fourth-order valence-corrected chi connectivity index (χ4v) is 3.17. The van der Waals surface area contributed by atoms with E-state index in [1.54, 1.807) is 0 Å². The molecule has 0 spiro atoms. The SMILES string of the molecule is Cc1ccc(Cn2c(CNC(=O)Nc3ccccc3)nc3ccccc32)cc1. The Balaban J connectivity index is 1.54. The molecule has 28 heavy (non-hydrogen) atoms. The lowest BCUT2D eigenvalue weighted by Gasteiger charge is -2.11. The van der Waals surface area contributed by atoms with E-state index in [2.05, 4.69) is 52.5 Å². The quantitative estimate of drug-likeness (QED) is 0.534. The zero-order chi connectivity index (χ0) is 19.3. The van der Waals surface area contributed by atoms with E-state index < -0.39 is 0 Å². The average molecular weight is 370 g/mol. The van der Waals surface area contributed by atoms with Gasteiger partial charge in [-0.05, 0) is 36.8 Å². The molecule has 3 aromatic carbocycles. The van der Waals surface area contributed by atoms with Gasteiger partial charge in [0.25, 0.3) is 0 Å². The van der Waals surface area contributed by atoms with Crippen LogP contribution >= 0.6 is 0 Å². The van der Waals surface area contributed by atoms with Crippen LogP contribution in [0.4, 0.5) is 10.5 Å². The largest absolute Gasteiger partial charge is 0.331 e. The summed E-state index contributed by atoms with van der Waals surface area (Å²) in [5.74, 6) is 0.824. The minimum Gasteiger partial charge on any atom is -0.331 e. The molecule has 0 aliphatic heterocycles. The lowest BCUT2D eigenvalue weighted by atomic mass is 10.1. The highest BCUT2D eigenvalue weighted by molar-refractivity contribution is 5.89. The summed E-state index contributed by atoms with van der Waals surface area (Å²) >= 11 is 0. The number of urea groups is 1. The molecule has 5 nitrogen and oxygen atoms in total. The Morgan fingerprint density at radius 3 is 2.43 bits per heavy atom. The third-order valence-corrected chi connectivity index (χ3v) is 4.63.